The molecule has 14 heavy (non-hydrogen) atoms. The molecular formula is C13H16O. The first-order chi connectivity index (χ1) is 6.72. The normalized spacial score (nSPS) is 9.79. The van der Waals surface area contributed by atoms with Gasteiger partial charge in [0.15, 0.2) is 5.78 Å². The van der Waals surface area contributed by atoms with E-state index in [9.17, 15) is 4.79 Å². The molecule has 74 valence electrons. The molecule has 0 aromatic heterocycles. The van der Waals surface area contributed by atoms with Gasteiger partial charge in [-0.2, -0.15) is 0 Å². The van der Waals surface area contributed by atoms with Crippen molar-refractivity contribution < 1.29 is 4.79 Å². The number of carbonyl (C=O) groups excluding carboxylic acids is 1. The van der Waals surface area contributed by atoms with Crippen molar-refractivity contribution in [1.29, 1.82) is 0 Å². The van der Waals surface area contributed by atoms with Crippen molar-refractivity contribution in [2.45, 2.75) is 26.2 Å². The van der Waals surface area contributed by atoms with Crippen LogP contribution in [0.2, 0.25) is 0 Å². The lowest BCUT2D eigenvalue weighted by atomic mass is 10.1. The van der Waals surface area contributed by atoms with Crippen molar-refractivity contribution >= 4 is 5.78 Å². The molecule has 0 unspecified atom stereocenters. The Morgan fingerprint density at radius 3 is 2.57 bits per heavy atom. The van der Waals surface area contributed by atoms with Crippen molar-refractivity contribution in [2.75, 3.05) is 0 Å². The van der Waals surface area contributed by atoms with Gasteiger partial charge in [-0.15, -0.1) is 0 Å². The van der Waals surface area contributed by atoms with Gasteiger partial charge in [0, 0.05) is 6.42 Å². The smallest absolute Gasteiger partial charge is 0.155 e. The minimum absolute atomic E-state index is 0.136. The van der Waals surface area contributed by atoms with Crippen LogP contribution in [0, 0.1) is 6.92 Å². The van der Waals surface area contributed by atoms with E-state index < -0.39 is 0 Å². The molecule has 0 radical (unpaired) electrons. The number of aryl methyl sites for hydroxylation is 2. The molecule has 0 fully saturated rings. The van der Waals surface area contributed by atoms with Crippen LogP contribution in [0.1, 0.15) is 24.0 Å². The van der Waals surface area contributed by atoms with Gasteiger partial charge < -0.3 is 0 Å². The van der Waals surface area contributed by atoms with Crippen molar-refractivity contribution in [3.63, 3.8) is 0 Å². The fourth-order valence-electron chi connectivity index (χ4n) is 1.32. The lowest BCUT2D eigenvalue weighted by molar-refractivity contribution is -0.114. The lowest BCUT2D eigenvalue weighted by Gasteiger charge is -2.00. The Hall–Kier alpha value is -1.37. The number of hydrogen-bond donors (Lipinski definition) is 0. The van der Waals surface area contributed by atoms with E-state index in [0.717, 1.165) is 12.8 Å². The quantitative estimate of drug-likeness (QED) is 0.649. The number of hydrogen-bond acceptors (Lipinski definition) is 1. The number of allylic oxidation sites excluding steroid dienone is 1. The molecule has 0 aliphatic carbocycles. The maximum atomic E-state index is 10.9. The summed E-state index contributed by atoms with van der Waals surface area (Å²) in [5, 5.41) is 0. The molecule has 0 aliphatic heterocycles. The summed E-state index contributed by atoms with van der Waals surface area (Å²) in [6, 6.07) is 8.44. The summed E-state index contributed by atoms with van der Waals surface area (Å²) in [5.74, 6) is 0.136. The van der Waals surface area contributed by atoms with E-state index in [1.54, 1.807) is 0 Å². The van der Waals surface area contributed by atoms with Gasteiger partial charge in [-0.05, 0) is 31.4 Å². The van der Waals surface area contributed by atoms with E-state index in [-0.39, 0.29) is 5.78 Å². The minimum Gasteiger partial charge on any atom is -0.295 e. The molecule has 0 saturated heterocycles. The van der Waals surface area contributed by atoms with E-state index in [1.165, 1.54) is 17.2 Å². The summed E-state index contributed by atoms with van der Waals surface area (Å²) in [4.78, 5) is 10.9. The Morgan fingerprint density at radius 2 is 2.00 bits per heavy atom. The van der Waals surface area contributed by atoms with Crippen LogP contribution in [0.3, 0.4) is 0 Å². The van der Waals surface area contributed by atoms with Crippen LogP contribution in [0.5, 0.6) is 0 Å². The summed E-state index contributed by atoms with van der Waals surface area (Å²) < 4.78 is 0. The van der Waals surface area contributed by atoms with Crippen LogP contribution in [-0.4, -0.2) is 5.78 Å². The van der Waals surface area contributed by atoms with Gasteiger partial charge in [0.2, 0.25) is 0 Å². The largest absolute Gasteiger partial charge is 0.295 e. The van der Waals surface area contributed by atoms with E-state index in [1.807, 2.05) is 0 Å². The second kappa shape index (κ2) is 5.38. The third-order valence-electron chi connectivity index (χ3n) is 2.24. The van der Waals surface area contributed by atoms with Crippen LogP contribution in [0.4, 0.5) is 0 Å². The second-order valence-corrected chi connectivity index (χ2v) is 3.51. The molecular weight excluding hydrogens is 172 g/mol. The highest BCUT2D eigenvalue weighted by molar-refractivity contribution is 5.88. The molecule has 1 aromatic rings. The maximum absolute atomic E-state index is 10.9. The highest BCUT2D eigenvalue weighted by atomic mass is 16.1. The van der Waals surface area contributed by atoms with Crippen molar-refractivity contribution in [3.05, 3.63) is 48.0 Å². The van der Waals surface area contributed by atoms with Gasteiger partial charge in [-0.25, -0.2) is 0 Å². The van der Waals surface area contributed by atoms with Crippen LogP contribution in [0.25, 0.3) is 0 Å². The molecule has 1 rings (SSSR count). The first-order valence-corrected chi connectivity index (χ1v) is 4.93. The van der Waals surface area contributed by atoms with Crippen molar-refractivity contribution in [1.82, 2.24) is 0 Å². The van der Waals surface area contributed by atoms with E-state index >= 15 is 0 Å². The van der Waals surface area contributed by atoms with Crippen molar-refractivity contribution in [2.24, 2.45) is 0 Å². The lowest BCUT2D eigenvalue weighted by Crippen LogP contribution is -1.93. The molecule has 0 aliphatic rings. The zero-order chi connectivity index (χ0) is 10.4. The summed E-state index contributed by atoms with van der Waals surface area (Å²) in [6.45, 7) is 5.52. The average molecular weight is 188 g/mol. The number of ketones is 1. The van der Waals surface area contributed by atoms with Gasteiger partial charge in [0.25, 0.3) is 0 Å². The SMILES string of the molecule is C=CC(=O)CCCc1ccc(C)cc1. The van der Waals surface area contributed by atoms with E-state index in [2.05, 4.69) is 37.8 Å². The molecule has 1 heteroatoms. The maximum Gasteiger partial charge on any atom is 0.155 e. The van der Waals surface area contributed by atoms with Crippen LogP contribution >= 0.6 is 0 Å². The van der Waals surface area contributed by atoms with Gasteiger partial charge in [0.05, 0.1) is 0 Å². The molecule has 1 aromatic carbocycles. The van der Waals surface area contributed by atoms with E-state index in [4.69, 9.17) is 0 Å². The average Bonchev–Trinajstić information content (AvgIpc) is 2.21. The van der Waals surface area contributed by atoms with Gasteiger partial charge in [0.1, 0.15) is 0 Å². The molecule has 0 atom stereocenters. The molecule has 0 heterocycles. The predicted octanol–water partition coefficient (Wildman–Crippen LogP) is 3.07. The van der Waals surface area contributed by atoms with Crippen LogP contribution < -0.4 is 0 Å². The summed E-state index contributed by atoms with van der Waals surface area (Å²) in [6.07, 6.45) is 3.89. The predicted molar refractivity (Wildman–Crippen MR) is 59.3 cm³/mol. The minimum atomic E-state index is 0.136. The summed E-state index contributed by atoms with van der Waals surface area (Å²) in [5.41, 5.74) is 2.57. The van der Waals surface area contributed by atoms with Gasteiger partial charge >= 0.3 is 0 Å². The van der Waals surface area contributed by atoms with Crippen LogP contribution in [0.15, 0.2) is 36.9 Å². The zero-order valence-electron chi connectivity index (χ0n) is 8.62. The Kier molecular flexibility index (Phi) is 4.11. The monoisotopic (exact) mass is 188 g/mol. The third kappa shape index (κ3) is 3.56. The zero-order valence-corrected chi connectivity index (χ0v) is 8.62. The number of benzene rings is 1. The topological polar surface area (TPSA) is 17.1 Å². The fourth-order valence-corrected chi connectivity index (χ4v) is 1.32. The Labute approximate surface area is 85.5 Å². The van der Waals surface area contributed by atoms with Crippen molar-refractivity contribution in [3.8, 4) is 0 Å². The second-order valence-electron chi connectivity index (χ2n) is 3.51. The highest BCUT2D eigenvalue weighted by Crippen LogP contribution is 2.07. The first kappa shape index (κ1) is 10.7. The molecule has 0 bridgehead atoms. The number of rotatable bonds is 5. The first-order valence-electron chi connectivity index (χ1n) is 4.93. The third-order valence-corrected chi connectivity index (χ3v) is 2.24. The molecule has 0 N–H and O–H groups in total. The number of carbonyl (C=O) groups is 1. The summed E-state index contributed by atoms with van der Waals surface area (Å²) in [7, 11) is 0. The summed E-state index contributed by atoms with van der Waals surface area (Å²) >= 11 is 0. The fraction of sp³-hybridized carbons (Fsp3) is 0.308. The molecule has 0 spiro atoms. The molecule has 0 saturated carbocycles. The molecule has 1 nitrogen and oxygen atoms in total. The standard InChI is InChI=1S/C13H16O/c1-3-13(14)6-4-5-12-9-7-11(2)8-10-12/h3,7-10H,1,4-6H2,2H3. The van der Waals surface area contributed by atoms with Crippen LogP contribution in [-0.2, 0) is 11.2 Å². The van der Waals surface area contributed by atoms with E-state index in [0.29, 0.717) is 6.42 Å². The van der Waals surface area contributed by atoms with Gasteiger partial charge in [-0.3, -0.25) is 4.79 Å². The Morgan fingerprint density at radius 1 is 1.36 bits per heavy atom. The highest BCUT2D eigenvalue weighted by Gasteiger charge is 1.97. The Balaban J connectivity index is 2.35. The Bertz CT molecular complexity index is 309. The van der Waals surface area contributed by atoms with Gasteiger partial charge in [-0.1, -0.05) is 36.4 Å². The molecule has 0 amide bonds.